The van der Waals surface area contributed by atoms with Crippen LogP contribution >= 0.6 is 11.6 Å². The number of esters is 1. The van der Waals surface area contributed by atoms with Crippen molar-refractivity contribution in [2.24, 2.45) is 0 Å². The normalized spacial score (nSPS) is 21.7. The fraction of sp³-hybridized carbons (Fsp3) is 0.467. The molecule has 0 spiro atoms. The maximum absolute atomic E-state index is 12.4. The summed E-state index contributed by atoms with van der Waals surface area (Å²) in [6.45, 7) is 2.28. The molecular formula is C15H19ClN2O3. The van der Waals surface area contributed by atoms with Crippen molar-refractivity contribution in [1.29, 1.82) is 0 Å². The molecule has 1 fully saturated rings. The van der Waals surface area contributed by atoms with Crippen LogP contribution in [0.25, 0.3) is 0 Å². The van der Waals surface area contributed by atoms with Crippen molar-refractivity contribution in [3.05, 3.63) is 34.9 Å². The molecule has 0 radical (unpaired) electrons. The number of amides is 1. The van der Waals surface area contributed by atoms with Crippen molar-refractivity contribution >= 4 is 23.5 Å². The molecule has 1 heterocycles. The van der Waals surface area contributed by atoms with Gasteiger partial charge in [-0.1, -0.05) is 30.7 Å². The van der Waals surface area contributed by atoms with E-state index in [0.717, 1.165) is 5.56 Å². The summed E-state index contributed by atoms with van der Waals surface area (Å²) < 4.78 is 4.64. The monoisotopic (exact) mass is 310 g/mol. The third kappa shape index (κ3) is 3.54. The van der Waals surface area contributed by atoms with Crippen LogP contribution in [0.1, 0.15) is 31.5 Å². The molecule has 1 saturated heterocycles. The van der Waals surface area contributed by atoms with Crippen LogP contribution in [0.3, 0.4) is 0 Å². The predicted octanol–water partition coefficient (Wildman–Crippen LogP) is 2.11. The Kier molecular flexibility index (Phi) is 5.20. The molecule has 1 N–H and O–H groups in total. The molecule has 6 heteroatoms. The molecule has 0 aromatic heterocycles. The number of benzene rings is 1. The highest BCUT2D eigenvalue weighted by atomic mass is 35.5. The zero-order chi connectivity index (χ0) is 15.4. The van der Waals surface area contributed by atoms with Gasteiger partial charge < -0.3 is 9.64 Å². The summed E-state index contributed by atoms with van der Waals surface area (Å²) >= 11 is 6.02. The lowest BCUT2D eigenvalue weighted by Gasteiger charge is -2.24. The summed E-state index contributed by atoms with van der Waals surface area (Å²) in [5.41, 5.74) is 0.914. The Morgan fingerprint density at radius 1 is 1.48 bits per heavy atom. The van der Waals surface area contributed by atoms with E-state index in [1.807, 2.05) is 25.1 Å². The highest BCUT2D eigenvalue weighted by molar-refractivity contribution is 6.30. The zero-order valence-electron chi connectivity index (χ0n) is 12.1. The smallest absolute Gasteiger partial charge is 0.307 e. The molecule has 2 atom stereocenters. The van der Waals surface area contributed by atoms with E-state index in [4.69, 9.17) is 11.6 Å². The molecule has 1 aromatic rings. The second-order valence-corrected chi connectivity index (χ2v) is 5.38. The second kappa shape index (κ2) is 6.91. The first-order valence-corrected chi connectivity index (χ1v) is 7.33. The van der Waals surface area contributed by atoms with Crippen LogP contribution in [0.15, 0.2) is 24.3 Å². The summed E-state index contributed by atoms with van der Waals surface area (Å²) in [6, 6.07) is 7.15. The van der Waals surface area contributed by atoms with E-state index in [1.54, 1.807) is 11.0 Å². The van der Waals surface area contributed by atoms with Gasteiger partial charge in [0.15, 0.2) is 0 Å². The average Bonchev–Trinajstić information content (AvgIpc) is 2.81. The molecule has 0 bridgehead atoms. The summed E-state index contributed by atoms with van der Waals surface area (Å²) in [4.78, 5) is 25.4. The topological polar surface area (TPSA) is 58.6 Å². The number of methoxy groups -OCH3 is 1. The first kappa shape index (κ1) is 15.8. The van der Waals surface area contributed by atoms with E-state index < -0.39 is 0 Å². The highest BCUT2D eigenvalue weighted by Gasteiger charge is 2.38. The lowest BCUT2D eigenvalue weighted by atomic mass is 10.1. The van der Waals surface area contributed by atoms with Gasteiger partial charge in [0, 0.05) is 11.6 Å². The van der Waals surface area contributed by atoms with Crippen LogP contribution < -0.4 is 5.32 Å². The standard InChI is InChI=1S/C15H19ClN2O3/c1-3-12-15(20)18(8-7-13(19)21-2)14(17-12)10-5-4-6-11(16)9-10/h4-6,9,12,14,17H,3,7-8H2,1-2H3. The van der Waals surface area contributed by atoms with Gasteiger partial charge in [-0.2, -0.15) is 0 Å². The summed E-state index contributed by atoms with van der Waals surface area (Å²) in [7, 11) is 1.34. The van der Waals surface area contributed by atoms with Crippen LogP contribution in [-0.4, -0.2) is 36.5 Å². The number of halogens is 1. The van der Waals surface area contributed by atoms with E-state index in [9.17, 15) is 9.59 Å². The van der Waals surface area contributed by atoms with Gasteiger partial charge in [-0.05, 0) is 24.1 Å². The molecule has 1 aliphatic rings. The molecular weight excluding hydrogens is 292 g/mol. The minimum Gasteiger partial charge on any atom is -0.469 e. The Labute approximate surface area is 129 Å². The van der Waals surface area contributed by atoms with Crippen LogP contribution in [0.2, 0.25) is 5.02 Å². The van der Waals surface area contributed by atoms with Gasteiger partial charge in [-0.3, -0.25) is 14.9 Å². The first-order valence-electron chi connectivity index (χ1n) is 6.95. The molecule has 0 saturated carbocycles. The van der Waals surface area contributed by atoms with Crippen molar-refractivity contribution in [3.63, 3.8) is 0 Å². The summed E-state index contributed by atoms with van der Waals surface area (Å²) in [5.74, 6) is -0.320. The van der Waals surface area contributed by atoms with E-state index in [1.165, 1.54) is 7.11 Å². The summed E-state index contributed by atoms with van der Waals surface area (Å²) in [6.07, 6.45) is 0.619. The molecule has 1 aromatic carbocycles. The molecule has 2 unspecified atom stereocenters. The first-order chi connectivity index (χ1) is 10.1. The maximum atomic E-state index is 12.4. The molecule has 1 aliphatic heterocycles. The van der Waals surface area contributed by atoms with Gasteiger partial charge in [0.2, 0.25) is 5.91 Å². The number of carbonyl (C=O) groups excluding carboxylic acids is 2. The van der Waals surface area contributed by atoms with Crippen molar-refractivity contribution in [2.75, 3.05) is 13.7 Å². The van der Waals surface area contributed by atoms with Crippen LogP contribution in [-0.2, 0) is 14.3 Å². The average molecular weight is 311 g/mol. The SMILES string of the molecule is CCC1NC(c2cccc(Cl)c2)N(CCC(=O)OC)C1=O. The number of hydrogen-bond acceptors (Lipinski definition) is 4. The lowest BCUT2D eigenvalue weighted by Crippen LogP contribution is -2.33. The minimum absolute atomic E-state index is 0.00591. The second-order valence-electron chi connectivity index (χ2n) is 4.94. The quantitative estimate of drug-likeness (QED) is 0.846. The summed E-state index contributed by atoms with van der Waals surface area (Å²) in [5, 5.41) is 3.91. The molecule has 1 amide bonds. The fourth-order valence-electron chi connectivity index (χ4n) is 2.48. The van der Waals surface area contributed by atoms with E-state index >= 15 is 0 Å². The Morgan fingerprint density at radius 3 is 2.86 bits per heavy atom. The number of hydrogen-bond donors (Lipinski definition) is 1. The molecule has 2 rings (SSSR count). The highest BCUT2D eigenvalue weighted by Crippen LogP contribution is 2.28. The Morgan fingerprint density at radius 2 is 2.24 bits per heavy atom. The molecule has 114 valence electrons. The molecule has 21 heavy (non-hydrogen) atoms. The number of nitrogens with zero attached hydrogens (tertiary/aromatic N) is 1. The Hall–Kier alpha value is -1.59. The largest absolute Gasteiger partial charge is 0.469 e. The van der Waals surface area contributed by atoms with Crippen molar-refractivity contribution in [1.82, 2.24) is 10.2 Å². The van der Waals surface area contributed by atoms with Crippen LogP contribution in [0, 0.1) is 0 Å². The van der Waals surface area contributed by atoms with Crippen molar-refractivity contribution < 1.29 is 14.3 Å². The minimum atomic E-state index is -0.326. The number of ether oxygens (including phenoxy) is 1. The van der Waals surface area contributed by atoms with E-state index in [0.29, 0.717) is 18.0 Å². The predicted molar refractivity (Wildman–Crippen MR) is 79.8 cm³/mol. The number of rotatable bonds is 5. The van der Waals surface area contributed by atoms with E-state index in [2.05, 4.69) is 10.1 Å². The third-order valence-corrected chi connectivity index (χ3v) is 3.84. The van der Waals surface area contributed by atoms with Gasteiger partial charge in [0.05, 0.1) is 19.6 Å². The van der Waals surface area contributed by atoms with Crippen molar-refractivity contribution in [2.45, 2.75) is 32.0 Å². The molecule has 5 nitrogen and oxygen atoms in total. The van der Waals surface area contributed by atoms with Gasteiger partial charge >= 0.3 is 5.97 Å². The van der Waals surface area contributed by atoms with Gasteiger partial charge in [0.1, 0.15) is 6.17 Å². The fourth-order valence-corrected chi connectivity index (χ4v) is 2.68. The maximum Gasteiger partial charge on any atom is 0.307 e. The molecule has 0 aliphatic carbocycles. The van der Waals surface area contributed by atoms with Gasteiger partial charge in [0.25, 0.3) is 0 Å². The Balaban J connectivity index is 2.20. The van der Waals surface area contributed by atoms with Gasteiger partial charge in [-0.25, -0.2) is 0 Å². The van der Waals surface area contributed by atoms with Crippen molar-refractivity contribution in [3.8, 4) is 0 Å². The number of carbonyl (C=O) groups is 2. The lowest BCUT2D eigenvalue weighted by molar-refractivity contribution is -0.141. The van der Waals surface area contributed by atoms with Crippen LogP contribution in [0.4, 0.5) is 0 Å². The third-order valence-electron chi connectivity index (χ3n) is 3.61. The number of nitrogens with one attached hydrogen (secondary N) is 1. The van der Waals surface area contributed by atoms with Crippen LogP contribution in [0.5, 0.6) is 0 Å². The zero-order valence-corrected chi connectivity index (χ0v) is 12.9. The Bertz CT molecular complexity index is 535. The van der Waals surface area contributed by atoms with Gasteiger partial charge in [-0.15, -0.1) is 0 Å². The van der Waals surface area contributed by atoms with E-state index in [-0.39, 0.29) is 30.5 Å².